The van der Waals surface area contributed by atoms with Gasteiger partial charge in [-0.2, -0.15) is 0 Å². The third-order valence-electron chi connectivity index (χ3n) is 3.18. The summed E-state index contributed by atoms with van der Waals surface area (Å²) in [7, 11) is 0. The summed E-state index contributed by atoms with van der Waals surface area (Å²) in [5.41, 5.74) is 0.939. The molecule has 1 heterocycles. The standard InChI is InChI=1S/C15H23NO4/c1-5-12-10(4)7-13(20-12)14(17)16-8-11(15(18)19)6-9(2)3/h7,9,11H,5-6,8H2,1-4H3,(H,16,17)(H,18,19). The van der Waals surface area contributed by atoms with E-state index in [0.29, 0.717) is 6.42 Å². The Morgan fingerprint density at radius 1 is 1.40 bits per heavy atom. The minimum absolute atomic E-state index is 0.119. The molecule has 5 heteroatoms. The van der Waals surface area contributed by atoms with Crippen molar-refractivity contribution < 1.29 is 19.1 Å². The second-order valence-electron chi connectivity index (χ2n) is 5.45. The molecule has 1 atom stereocenters. The van der Waals surface area contributed by atoms with E-state index in [-0.39, 0.29) is 24.1 Å². The van der Waals surface area contributed by atoms with Gasteiger partial charge >= 0.3 is 5.97 Å². The van der Waals surface area contributed by atoms with Crippen LogP contribution < -0.4 is 5.32 Å². The van der Waals surface area contributed by atoms with Crippen molar-refractivity contribution in [1.82, 2.24) is 5.32 Å². The topological polar surface area (TPSA) is 79.5 Å². The van der Waals surface area contributed by atoms with Crippen LogP contribution in [0.5, 0.6) is 0 Å². The van der Waals surface area contributed by atoms with Crippen molar-refractivity contribution in [2.75, 3.05) is 6.54 Å². The number of aryl methyl sites for hydroxylation is 2. The predicted molar refractivity (Wildman–Crippen MR) is 75.7 cm³/mol. The minimum atomic E-state index is -0.885. The van der Waals surface area contributed by atoms with Crippen LogP contribution in [0.4, 0.5) is 0 Å². The van der Waals surface area contributed by atoms with E-state index in [2.05, 4.69) is 5.32 Å². The van der Waals surface area contributed by atoms with Crippen LogP contribution in [0.1, 0.15) is 49.1 Å². The zero-order chi connectivity index (χ0) is 15.3. The maximum absolute atomic E-state index is 11.9. The number of amides is 1. The highest BCUT2D eigenvalue weighted by Gasteiger charge is 2.21. The maximum Gasteiger partial charge on any atom is 0.308 e. The third-order valence-corrected chi connectivity index (χ3v) is 3.18. The summed E-state index contributed by atoms with van der Waals surface area (Å²) in [5.74, 6) is -0.516. The minimum Gasteiger partial charge on any atom is -0.481 e. The summed E-state index contributed by atoms with van der Waals surface area (Å²) in [6, 6.07) is 1.69. The number of hydrogen-bond donors (Lipinski definition) is 2. The fourth-order valence-electron chi connectivity index (χ4n) is 2.13. The van der Waals surface area contributed by atoms with Gasteiger partial charge in [-0.1, -0.05) is 20.8 Å². The van der Waals surface area contributed by atoms with E-state index >= 15 is 0 Å². The maximum atomic E-state index is 11.9. The van der Waals surface area contributed by atoms with Gasteiger partial charge in [-0.15, -0.1) is 0 Å². The number of nitrogens with one attached hydrogen (secondary N) is 1. The van der Waals surface area contributed by atoms with Crippen LogP contribution >= 0.6 is 0 Å². The van der Waals surface area contributed by atoms with Crippen LogP contribution in [-0.4, -0.2) is 23.5 Å². The van der Waals surface area contributed by atoms with Crippen LogP contribution in [0.15, 0.2) is 10.5 Å². The first-order valence-corrected chi connectivity index (χ1v) is 6.95. The average Bonchev–Trinajstić information content (AvgIpc) is 2.74. The number of hydrogen-bond acceptors (Lipinski definition) is 3. The molecule has 0 radical (unpaired) electrons. The number of furan rings is 1. The van der Waals surface area contributed by atoms with Crippen molar-refractivity contribution in [1.29, 1.82) is 0 Å². The summed E-state index contributed by atoms with van der Waals surface area (Å²) >= 11 is 0. The molecular weight excluding hydrogens is 258 g/mol. The number of aliphatic carboxylic acids is 1. The van der Waals surface area contributed by atoms with Gasteiger partial charge in [0.25, 0.3) is 5.91 Å². The van der Waals surface area contributed by atoms with Gasteiger partial charge in [-0.3, -0.25) is 9.59 Å². The summed E-state index contributed by atoms with van der Waals surface area (Å²) in [6.07, 6.45) is 1.26. The van der Waals surface area contributed by atoms with Crippen LogP contribution in [0.2, 0.25) is 0 Å². The first kappa shape index (κ1) is 16.3. The fourth-order valence-corrected chi connectivity index (χ4v) is 2.13. The van der Waals surface area contributed by atoms with Gasteiger partial charge in [0, 0.05) is 13.0 Å². The predicted octanol–water partition coefficient (Wildman–Crippen LogP) is 2.63. The largest absolute Gasteiger partial charge is 0.481 e. The molecule has 0 saturated heterocycles. The normalized spacial score (nSPS) is 12.4. The molecule has 0 aromatic carbocycles. The van der Waals surface area contributed by atoms with Gasteiger partial charge < -0.3 is 14.8 Å². The van der Waals surface area contributed by atoms with Crippen molar-refractivity contribution >= 4 is 11.9 Å². The molecule has 1 aromatic rings. The zero-order valence-corrected chi connectivity index (χ0v) is 12.5. The lowest BCUT2D eigenvalue weighted by molar-refractivity contribution is -0.142. The molecule has 0 saturated carbocycles. The molecule has 0 fully saturated rings. The highest BCUT2D eigenvalue weighted by atomic mass is 16.4. The lowest BCUT2D eigenvalue weighted by Crippen LogP contribution is -2.33. The van der Waals surface area contributed by atoms with Crippen molar-refractivity contribution in [3.8, 4) is 0 Å². The molecule has 0 bridgehead atoms. The number of carbonyl (C=O) groups excluding carboxylic acids is 1. The number of rotatable bonds is 7. The summed E-state index contributed by atoms with van der Waals surface area (Å²) in [6.45, 7) is 7.88. The molecule has 112 valence electrons. The smallest absolute Gasteiger partial charge is 0.308 e. The second kappa shape index (κ2) is 7.12. The lowest BCUT2D eigenvalue weighted by atomic mass is 9.97. The molecule has 1 unspecified atom stereocenters. The van der Waals surface area contributed by atoms with Crippen molar-refractivity contribution in [2.24, 2.45) is 11.8 Å². The fraction of sp³-hybridized carbons (Fsp3) is 0.600. The Kier molecular flexibility index (Phi) is 5.80. The second-order valence-corrected chi connectivity index (χ2v) is 5.45. The number of carbonyl (C=O) groups is 2. The monoisotopic (exact) mass is 281 g/mol. The third kappa shape index (κ3) is 4.40. The molecule has 1 aromatic heterocycles. The van der Waals surface area contributed by atoms with Crippen LogP contribution in [-0.2, 0) is 11.2 Å². The molecule has 0 aliphatic rings. The van der Waals surface area contributed by atoms with Gasteiger partial charge in [-0.25, -0.2) is 0 Å². The lowest BCUT2D eigenvalue weighted by Gasteiger charge is -2.14. The van der Waals surface area contributed by atoms with E-state index < -0.39 is 11.9 Å². The van der Waals surface area contributed by atoms with E-state index in [1.807, 2.05) is 27.7 Å². The van der Waals surface area contributed by atoms with E-state index in [0.717, 1.165) is 17.7 Å². The first-order valence-electron chi connectivity index (χ1n) is 6.95. The Morgan fingerprint density at radius 2 is 2.05 bits per heavy atom. The summed E-state index contributed by atoms with van der Waals surface area (Å²) in [4.78, 5) is 23.1. The number of carboxylic acids is 1. The molecule has 0 spiro atoms. The van der Waals surface area contributed by atoms with Crippen LogP contribution in [0.25, 0.3) is 0 Å². The first-order chi connectivity index (χ1) is 9.35. The van der Waals surface area contributed by atoms with E-state index in [1.54, 1.807) is 6.07 Å². The molecular formula is C15H23NO4. The average molecular weight is 281 g/mol. The Balaban J connectivity index is 2.62. The molecule has 20 heavy (non-hydrogen) atoms. The van der Waals surface area contributed by atoms with Crippen LogP contribution in [0.3, 0.4) is 0 Å². The van der Waals surface area contributed by atoms with Crippen molar-refractivity contribution in [2.45, 2.75) is 40.5 Å². The quantitative estimate of drug-likeness (QED) is 0.805. The molecule has 1 amide bonds. The summed E-state index contributed by atoms with van der Waals surface area (Å²) in [5, 5.41) is 11.8. The number of carboxylic acid groups (broad SMARTS) is 1. The van der Waals surface area contributed by atoms with Crippen molar-refractivity contribution in [3.63, 3.8) is 0 Å². The Bertz CT molecular complexity index is 476. The Labute approximate surface area is 119 Å². The molecule has 5 nitrogen and oxygen atoms in total. The van der Waals surface area contributed by atoms with Gasteiger partial charge in [0.15, 0.2) is 5.76 Å². The van der Waals surface area contributed by atoms with E-state index in [1.165, 1.54) is 0 Å². The SMILES string of the molecule is CCc1oc(C(=O)NCC(CC(C)C)C(=O)O)cc1C. The summed E-state index contributed by atoms with van der Waals surface area (Å²) < 4.78 is 5.44. The van der Waals surface area contributed by atoms with E-state index in [4.69, 9.17) is 9.52 Å². The van der Waals surface area contributed by atoms with E-state index in [9.17, 15) is 9.59 Å². The van der Waals surface area contributed by atoms with Gasteiger partial charge in [0.1, 0.15) is 5.76 Å². The van der Waals surface area contributed by atoms with Crippen molar-refractivity contribution in [3.05, 3.63) is 23.2 Å². The van der Waals surface area contributed by atoms with Gasteiger partial charge in [-0.05, 0) is 30.9 Å². The highest BCUT2D eigenvalue weighted by Crippen LogP contribution is 2.16. The molecule has 0 aliphatic heterocycles. The molecule has 0 aliphatic carbocycles. The Morgan fingerprint density at radius 3 is 2.50 bits per heavy atom. The zero-order valence-electron chi connectivity index (χ0n) is 12.5. The molecule has 2 N–H and O–H groups in total. The molecule has 1 rings (SSSR count). The highest BCUT2D eigenvalue weighted by molar-refractivity contribution is 5.92. The van der Waals surface area contributed by atoms with Crippen LogP contribution in [0, 0.1) is 18.8 Å². The van der Waals surface area contributed by atoms with Gasteiger partial charge in [0.2, 0.25) is 0 Å². The van der Waals surface area contributed by atoms with Gasteiger partial charge in [0.05, 0.1) is 5.92 Å². The Hall–Kier alpha value is -1.78.